The fourth-order valence-corrected chi connectivity index (χ4v) is 2.05. The van der Waals surface area contributed by atoms with Gasteiger partial charge in [0.05, 0.1) is 25.0 Å². The first-order valence-electron chi connectivity index (χ1n) is 7.55. The highest BCUT2D eigenvalue weighted by atomic mass is 16.5. The van der Waals surface area contributed by atoms with E-state index in [9.17, 15) is 9.59 Å². The van der Waals surface area contributed by atoms with Gasteiger partial charge in [-0.25, -0.2) is 14.6 Å². The summed E-state index contributed by atoms with van der Waals surface area (Å²) in [4.78, 5) is 27.8. The quantitative estimate of drug-likeness (QED) is 0.719. The minimum Gasteiger partial charge on any atom is -0.497 e. The topological polar surface area (TPSA) is 87.9 Å². The van der Waals surface area contributed by atoms with E-state index in [-0.39, 0.29) is 19.1 Å². The molecule has 0 radical (unpaired) electrons. The highest BCUT2D eigenvalue weighted by Crippen LogP contribution is 2.18. The molecule has 0 aliphatic carbocycles. The molecule has 7 heteroatoms. The van der Waals surface area contributed by atoms with Crippen LogP contribution in [-0.4, -0.2) is 24.7 Å². The molecule has 7 nitrogen and oxygen atoms in total. The minimum atomic E-state index is -0.775. The van der Waals surface area contributed by atoms with Gasteiger partial charge in [-0.3, -0.25) is 0 Å². The number of carbonyl (C=O) groups excluding carboxylic acids is 1. The third-order valence-electron chi connectivity index (χ3n) is 3.26. The zero-order valence-electron chi connectivity index (χ0n) is 13.8. The molecule has 2 rings (SSSR count). The Balaban J connectivity index is 2.23. The standard InChI is InChI=1S/C17H19NO6/c1-4-13-14(10-23-12-8-6-11(21-3)7-9-12)18-15(24-16(13)19)17(20)22-5-2/h6-9H,4-5,10H2,1-3H3. The summed E-state index contributed by atoms with van der Waals surface area (Å²) < 4.78 is 20.4. The highest BCUT2D eigenvalue weighted by Gasteiger charge is 2.18. The number of nitrogens with zero attached hydrogens (tertiary/aromatic N) is 1. The SMILES string of the molecule is CCOC(=O)c1nc(COc2ccc(OC)cc2)c(CC)c(=O)o1. The zero-order chi connectivity index (χ0) is 17.5. The van der Waals surface area contributed by atoms with E-state index in [1.54, 1.807) is 45.2 Å². The fraction of sp³-hybridized carbons (Fsp3) is 0.353. The molecular weight excluding hydrogens is 314 g/mol. The van der Waals surface area contributed by atoms with Gasteiger partial charge in [-0.1, -0.05) is 6.92 Å². The van der Waals surface area contributed by atoms with Crippen LogP contribution in [0.2, 0.25) is 0 Å². The lowest BCUT2D eigenvalue weighted by molar-refractivity contribution is 0.0471. The van der Waals surface area contributed by atoms with Gasteiger partial charge in [-0.05, 0) is 37.6 Å². The molecule has 0 saturated heterocycles. The van der Waals surface area contributed by atoms with Gasteiger partial charge in [-0.15, -0.1) is 0 Å². The maximum absolute atomic E-state index is 12.0. The maximum Gasteiger partial charge on any atom is 0.394 e. The predicted octanol–water partition coefficient (Wildman–Crippen LogP) is 2.36. The number of rotatable bonds is 7. The monoisotopic (exact) mass is 333 g/mol. The molecule has 128 valence electrons. The normalized spacial score (nSPS) is 10.3. The Labute approximate surface area is 139 Å². The number of esters is 1. The van der Waals surface area contributed by atoms with E-state index in [0.717, 1.165) is 0 Å². The number of ether oxygens (including phenoxy) is 3. The second kappa shape index (κ2) is 8.14. The van der Waals surface area contributed by atoms with Crippen molar-refractivity contribution in [2.45, 2.75) is 26.9 Å². The van der Waals surface area contributed by atoms with Gasteiger partial charge < -0.3 is 18.6 Å². The molecule has 0 fully saturated rings. The molecule has 0 saturated carbocycles. The fourth-order valence-electron chi connectivity index (χ4n) is 2.05. The molecule has 0 bridgehead atoms. The second-order valence-corrected chi connectivity index (χ2v) is 4.77. The maximum atomic E-state index is 12.0. The molecule has 1 heterocycles. The van der Waals surface area contributed by atoms with Crippen LogP contribution in [0.4, 0.5) is 0 Å². The summed E-state index contributed by atoms with van der Waals surface area (Å²) in [5, 5.41) is 0. The van der Waals surface area contributed by atoms with Crippen LogP contribution in [0.5, 0.6) is 11.5 Å². The molecule has 0 aliphatic rings. The largest absolute Gasteiger partial charge is 0.497 e. The van der Waals surface area contributed by atoms with Crippen molar-refractivity contribution in [2.24, 2.45) is 0 Å². The molecule has 1 aromatic carbocycles. The van der Waals surface area contributed by atoms with E-state index in [1.807, 2.05) is 0 Å². The summed E-state index contributed by atoms with van der Waals surface area (Å²) in [7, 11) is 1.58. The van der Waals surface area contributed by atoms with Crippen LogP contribution in [0.3, 0.4) is 0 Å². The van der Waals surface area contributed by atoms with Gasteiger partial charge in [0.25, 0.3) is 0 Å². The number of methoxy groups -OCH3 is 1. The molecule has 1 aromatic heterocycles. The van der Waals surface area contributed by atoms with Crippen molar-refractivity contribution in [1.29, 1.82) is 0 Å². The summed E-state index contributed by atoms with van der Waals surface area (Å²) in [6.07, 6.45) is 0.416. The summed E-state index contributed by atoms with van der Waals surface area (Å²) in [5.41, 5.74) is 0.119. The van der Waals surface area contributed by atoms with Crippen molar-refractivity contribution in [1.82, 2.24) is 4.98 Å². The molecule has 0 atom stereocenters. The summed E-state index contributed by atoms with van der Waals surface area (Å²) >= 11 is 0. The number of carbonyl (C=O) groups is 1. The Morgan fingerprint density at radius 3 is 2.42 bits per heavy atom. The van der Waals surface area contributed by atoms with Crippen molar-refractivity contribution in [3.63, 3.8) is 0 Å². The summed E-state index contributed by atoms with van der Waals surface area (Å²) in [6, 6.07) is 6.99. The van der Waals surface area contributed by atoms with E-state index >= 15 is 0 Å². The predicted molar refractivity (Wildman–Crippen MR) is 85.4 cm³/mol. The lowest BCUT2D eigenvalue weighted by Crippen LogP contribution is -2.20. The van der Waals surface area contributed by atoms with Crippen LogP contribution in [0.1, 0.15) is 35.8 Å². The van der Waals surface area contributed by atoms with Crippen LogP contribution >= 0.6 is 0 Å². The lowest BCUT2D eigenvalue weighted by Gasteiger charge is -2.10. The van der Waals surface area contributed by atoms with Crippen molar-refractivity contribution in [2.75, 3.05) is 13.7 Å². The first kappa shape index (κ1) is 17.5. The number of hydrogen-bond acceptors (Lipinski definition) is 7. The molecule has 0 N–H and O–H groups in total. The number of benzene rings is 1. The Kier molecular flexibility index (Phi) is 5.95. The summed E-state index contributed by atoms with van der Waals surface area (Å²) in [6.45, 7) is 3.66. The lowest BCUT2D eigenvalue weighted by atomic mass is 10.2. The average molecular weight is 333 g/mol. The third-order valence-corrected chi connectivity index (χ3v) is 3.26. The van der Waals surface area contributed by atoms with Crippen LogP contribution in [0.15, 0.2) is 33.5 Å². The molecule has 2 aromatic rings. The first-order valence-corrected chi connectivity index (χ1v) is 7.55. The summed E-state index contributed by atoms with van der Waals surface area (Å²) in [5.74, 6) is 0.153. The van der Waals surface area contributed by atoms with Gasteiger partial charge in [0, 0.05) is 0 Å². The second-order valence-electron chi connectivity index (χ2n) is 4.77. The van der Waals surface area contributed by atoms with E-state index in [4.69, 9.17) is 18.6 Å². The Morgan fingerprint density at radius 2 is 1.83 bits per heavy atom. The minimum absolute atomic E-state index is 0.0352. The molecule has 0 unspecified atom stereocenters. The van der Waals surface area contributed by atoms with Crippen molar-refractivity contribution in [3.05, 3.63) is 51.8 Å². The van der Waals surface area contributed by atoms with E-state index in [2.05, 4.69) is 4.98 Å². The highest BCUT2D eigenvalue weighted by molar-refractivity contribution is 5.84. The van der Waals surface area contributed by atoms with E-state index in [1.165, 1.54) is 0 Å². The molecule has 0 aliphatic heterocycles. The Bertz CT molecular complexity index is 751. The Hall–Kier alpha value is -2.83. The van der Waals surface area contributed by atoms with E-state index in [0.29, 0.717) is 29.2 Å². The number of hydrogen-bond donors (Lipinski definition) is 0. The van der Waals surface area contributed by atoms with Gasteiger partial charge in [-0.2, -0.15) is 0 Å². The van der Waals surface area contributed by atoms with Crippen molar-refractivity contribution >= 4 is 5.97 Å². The van der Waals surface area contributed by atoms with Crippen LogP contribution in [0.25, 0.3) is 0 Å². The van der Waals surface area contributed by atoms with E-state index < -0.39 is 11.6 Å². The molecule has 0 amide bonds. The smallest absolute Gasteiger partial charge is 0.394 e. The molecule has 24 heavy (non-hydrogen) atoms. The van der Waals surface area contributed by atoms with Gasteiger partial charge in [0.1, 0.15) is 18.1 Å². The average Bonchev–Trinajstić information content (AvgIpc) is 2.60. The van der Waals surface area contributed by atoms with Crippen molar-refractivity contribution < 1.29 is 23.4 Å². The van der Waals surface area contributed by atoms with Crippen LogP contribution in [0, 0.1) is 0 Å². The van der Waals surface area contributed by atoms with Crippen LogP contribution < -0.4 is 15.1 Å². The molecule has 0 spiro atoms. The first-order chi connectivity index (χ1) is 11.6. The molecular formula is C17H19NO6. The van der Waals surface area contributed by atoms with Crippen LogP contribution in [-0.2, 0) is 17.8 Å². The van der Waals surface area contributed by atoms with Gasteiger partial charge in [0.2, 0.25) is 0 Å². The number of aromatic nitrogens is 1. The zero-order valence-corrected chi connectivity index (χ0v) is 13.8. The van der Waals surface area contributed by atoms with Crippen molar-refractivity contribution in [3.8, 4) is 11.5 Å². The van der Waals surface area contributed by atoms with Gasteiger partial charge >= 0.3 is 17.5 Å². The third kappa shape index (κ3) is 4.13. The Morgan fingerprint density at radius 1 is 1.17 bits per heavy atom. The van der Waals surface area contributed by atoms with Gasteiger partial charge in [0.15, 0.2) is 0 Å².